The number of para-hydroxylation sites is 1. The van der Waals surface area contributed by atoms with E-state index in [-0.39, 0.29) is 0 Å². The van der Waals surface area contributed by atoms with E-state index in [1.54, 1.807) is 0 Å². The maximum Gasteiger partial charge on any atom is 0.135 e. The van der Waals surface area contributed by atoms with Gasteiger partial charge >= 0.3 is 0 Å². The van der Waals surface area contributed by atoms with Crippen LogP contribution in [0, 0.1) is 0 Å². The van der Waals surface area contributed by atoms with Gasteiger partial charge in [-0.2, -0.15) is 0 Å². The van der Waals surface area contributed by atoms with Crippen molar-refractivity contribution >= 4 is 38.6 Å². The van der Waals surface area contributed by atoms with E-state index in [1.807, 2.05) is 12.1 Å². The van der Waals surface area contributed by atoms with E-state index >= 15 is 0 Å². The van der Waals surface area contributed by atoms with Gasteiger partial charge in [0.15, 0.2) is 0 Å². The van der Waals surface area contributed by atoms with Gasteiger partial charge in [-0.1, -0.05) is 182 Å². The van der Waals surface area contributed by atoms with Gasteiger partial charge in [0.05, 0.1) is 11.1 Å². The van der Waals surface area contributed by atoms with Crippen LogP contribution in [0.2, 0.25) is 0 Å². The summed E-state index contributed by atoms with van der Waals surface area (Å²) < 4.78 is 6.43. The Labute approximate surface area is 343 Å². The number of benzene rings is 10. The van der Waals surface area contributed by atoms with Gasteiger partial charge in [0, 0.05) is 27.7 Å². The summed E-state index contributed by atoms with van der Waals surface area (Å²) in [6.45, 7) is 0. The van der Waals surface area contributed by atoms with E-state index in [0.29, 0.717) is 0 Å². The number of nitrogens with zero attached hydrogens (tertiary/aromatic N) is 1. The van der Waals surface area contributed by atoms with Gasteiger partial charge in [-0.05, 0) is 103 Å². The average molecular weight is 752 g/mol. The Morgan fingerprint density at radius 1 is 0.356 bits per heavy atom. The second-order valence-electron chi connectivity index (χ2n) is 15.6. The molecule has 2 nitrogen and oxygen atoms in total. The second kappa shape index (κ2) is 13.2. The van der Waals surface area contributed by atoms with Crippen molar-refractivity contribution in [2.45, 2.75) is 5.41 Å². The molecule has 0 spiro atoms. The highest BCUT2D eigenvalue weighted by atomic mass is 16.5. The van der Waals surface area contributed by atoms with Crippen LogP contribution in [0.15, 0.2) is 224 Å². The molecule has 0 saturated heterocycles. The highest BCUT2D eigenvalue weighted by Gasteiger charge is 2.46. The third-order valence-electron chi connectivity index (χ3n) is 12.5. The molecule has 1 aliphatic heterocycles. The van der Waals surface area contributed by atoms with Gasteiger partial charge in [-0.3, -0.25) is 0 Å². The maximum absolute atomic E-state index is 6.43. The first kappa shape index (κ1) is 33.5. The second-order valence-corrected chi connectivity index (χ2v) is 15.6. The summed E-state index contributed by atoms with van der Waals surface area (Å²) in [7, 11) is 0. The van der Waals surface area contributed by atoms with Crippen LogP contribution in [0.5, 0.6) is 11.5 Å². The fourth-order valence-electron chi connectivity index (χ4n) is 10.0. The summed E-state index contributed by atoms with van der Waals surface area (Å²) in [4.78, 5) is 2.43. The summed E-state index contributed by atoms with van der Waals surface area (Å²) in [6, 6.07) is 81.8. The molecule has 0 atom stereocenters. The van der Waals surface area contributed by atoms with Crippen LogP contribution in [0.1, 0.15) is 22.3 Å². The van der Waals surface area contributed by atoms with Crippen molar-refractivity contribution in [3.63, 3.8) is 0 Å². The molecule has 0 fully saturated rings. The van der Waals surface area contributed by atoms with Crippen molar-refractivity contribution in [3.8, 4) is 44.9 Å². The van der Waals surface area contributed by atoms with E-state index in [4.69, 9.17) is 4.74 Å². The molecular weight excluding hydrogens is 715 g/mol. The van der Waals surface area contributed by atoms with Crippen LogP contribution in [0.3, 0.4) is 0 Å². The Bertz CT molecular complexity index is 3200. The molecule has 0 unspecified atom stereocenters. The quantitative estimate of drug-likeness (QED) is 0.168. The van der Waals surface area contributed by atoms with Crippen molar-refractivity contribution in [2.75, 3.05) is 4.90 Å². The van der Waals surface area contributed by atoms with Gasteiger partial charge in [-0.15, -0.1) is 0 Å². The molecule has 0 radical (unpaired) electrons. The minimum atomic E-state index is -0.454. The Morgan fingerprint density at radius 2 is 0.949 bits per heavy atom. The summed E-state index contributed by atoms with van der Waals surface area (Å²) >= 11 is 0. The van der Waals surface area contributed by atoms with E-state index < -0.39 is 5.41 Å². The van der Waals surface area contributed by atoms with Crippen LogP contribution in [0.4, 0.5) is 17.1 Å². The van der Waals surface area contributed by atoms with Gasteiger partial charge in [0.2, 0.25) is 0 Å². The largest absolute Gasteiger partial charge is 0.456 e. The minimum absolute atomic E-state index is 0.454. The van der Waals surface area contributed by atoms with E-state index in [9.17, 15) is 0 Å². The van der Waals surface area contributed by atoms with Gasteiger partial charge in [0.1, 0.15) is 11.5 Å². The molecule has 276 valence electrons. The maximum atomic E-state index is 6.43. The predicted octanol–water partition coefficient (Wildman–Crippen LogP) is 15.3. The fourth-order valence-corrected chi connectivity index (χ4v) is 10.0. The topological polar surface area (TPSA) is 12.5 Å². The van der Waals surface area contributed by atoms with Gasteiger partial charge in [-0.25, -0.2) is 0 Å². The van der Waals surface area contributed by atoms with E-state index in [1.165, 1.54) is 60.7 Å². The first-order chi connectivity index (χ1) is 29.3. The molecule has 10 aromatic rings. The predicted molar refractivity (Wildman–Crippen MR) is 244 cm³/mol. The van der Waals surface area contributed by atoms with Crippen molar-refractivity contribution < 1.29 is 4.74 Å². The Balaban J connectivity index is 1.04. The molecule has 0 saturated carbocycles. The van der Waals surface area contributed by atoms with E-state index in [0.717, 1.165) is 45.1 Å². The van der Waals surface area contributed by atoms with Gasteiger partial charge in [0.25, 0.3) is 0 Å². The molecule has 10 aromatic carbocycles. The van der Waals surface area contributed by atoms with Gasteiger partial charge < -0.3 is 9.64 Å². The summed E-state index contributed by atoms with van der Waals surface area (Å²) in [5.74, 6) is 1.80. The standard InChI is InChI=1S/C57H37NO/c1-3-17-40(18-4-1)57(41-19-5-2-6-20-41)51-25-11-9-22-46(51)50-37-43(33-36-52(50)57)58(53-26-13-16-38-15-7-8-21-45(38)53)42-31-29-39(30-32-42)44-34-35-49-47-23-10-12-27-54(47)59-55-28-14-24-48(44)56(49)55/h1-37H. The summed E-state index contributed by atoms with van der Waals surface area (Å²) in [6.07, 6.45) is 0. The van der Waals surface area contributed by atoms with Crippen molar-refractivity contribution in [2.24, 2.45) is 0 Å². The first-order valence-electron chi connectivity index (χ1n) is 20.3. The number of rotatable bonds is 6. The SMILES string of the molecule is c1ccc(C2(c3ccccc3)c3ccccc3-c3cc(N(c4ccc(-c5ccc6c7c(cccc57)Oc5ccccc5-6)cc4)c4cccc5ccccc45)ccc32)cc1. The number of hydrogen-bond acceptors (Lipinski definition) is 2. The molecule has 12 rings (SSSR count). The zero-order valence-corrected chi connectivity index (χ0v) is 32.2. The van der Waals surface area contributed by atoms with Crippen LogP contribution < -0.4 is 9.64 Å². The monoisotopic (exact) mass is 751 g/mol. The molecule has 0 aromatic heterocycles. The number of fused-ring (bicyclic) bond motifs is 6. The zero-order chi connectivity index (χ0) is 38.9. The molecule has 1 aliphatic carbocycles. The third kappa shape index (κ3) is 5.00. The minimum Gasteiger partial charge on any atom is -0.456 e. The van der Waals surface area contributed by atoms with E-state index in [2.05, 4.69) is 217 Å². The number of anilines is 3. The molecule has 2 aliphatic rings. The molecule has 2 heteroatoms. The Kier molecular flexibility index (Phi) is 7.48. The molecular formula is C57H37NO. The van der Waals surface area contributed by atoms with Crippen LogP contribution >= 0.6 is 0 Å². The third-order valence-corrected chi connectivity index (χ3v) is 12.5. The van der Waals surface area contributed by atoms with Crippen LogP contribution in [-0.4, -0.2) is 0 Å². The Hall–Kier alpha value is -7.68. The number of ether oxygens (including phenoxy) is 1. The Morgan fingerprint density at radius 3 is 1.76 bits per heavy atom. The average Bonchev–Trinajstić information content (AvgIpc) is 3.61. The molecule has 0 bridgehead atoms. The molecule has 0 N–H and O–H groups in total. The number of hydrogen-bond donors (Lipinski definition) is 0. The van der Waals surface area contributed by atoms with Crippen molar-refractivity contribution in [1.82, 2.24) is 0 Å². The van der Waals surface area contributed by atoms with Crippen molar-refractivity contribution in [1.29, 1.82) is 0 Å². The fraction of sp³-hybridized carbons (Fsp3) is 0.0175. The van der Waals surface area contributed by atoms with Crippen LogP contribution in [-0.2, 0) is 5.41 Å². The summed E-state index contributed by atoms with van der Waals surface area (Å²) in [5.41, 5.74) is 15.2. The highest BCUT2D eigenvalue weighted by Crippen LogP contribution is 2.57. The normalized spacial score (nSPS) is 13.0. The first-order valence-corrected chi connectivity index (χ1v) is 20.3. The zero-order valence-electron chi connectivity index (χ0n) is 32.2. The molecule has 59 heavy (non-hydrogen) atoms. The summed E-state index contributed by atoms with van der Waals surface area (Å²) in [5, 5.41) is 4.75. The molecule has 0 amide bonds. The van der Waals surface area contributed by atoms with Crippen LogP contribution in [0.25, 0.3) is 54.9 Å². The molecule has 1 heterocycles. The lowest BCUT2D eigenvalue weighted by Crippen LogP contribution is -2.28. The van der Waals surface area contributed by atoms with Crippen molar-refractivity contribution in [3.05, 3.63) is 247 Å². The smallest absolute Gasteiger partial charge is 0.135 e. The lowest BCUT2D eigenvalue weighted by molar-refractivity contribution is 0.487. The highest BCUT2D eigenvalue weighted by molar-refractivity contribution is 6.10. The lowest BCUT2D eigenvalue weighted by Gasteiger charge is -2.34. The lowest BCUT2D eigenvalue weighted by atomic mass is 9.68.